The predicted molar refractivity (Wildman–Crippen MR) is 115 cm³/mol. The van der Waals surface area contributed by atoms with Crippen molar-refractivity contribution in [1.82, 2.24) is 15.1 Å². The Morgan fingerprint density at radius 3 is 2.26 bits per heavy atom. The number of carbonyl (C=O) groups is 2. The van der Waals surface area contributed by atoms with E-state index in [0.29, 0.717) is 5.69 Å². The van der Waals surface area contributed by atoms with Crippen molar-refractivity contribution >= 4 is 27.6 Å². The van der Waals surface area contributed by atoms with Crippen molar-refractivity contribution in [3.63, 3.8) is 0 Å². The molecule has 0 bridgehead atoms. The second-order valence-corrected chi connectivity index (χ2v) is 8.52. The van der Waals surface area contributed by atoms with E-state index in [1.54, 1.807) is 30.6 Å². The summed E-state index contributed by atoms with van der Waals surface area (Å²) >= 11 is 0. The first kappa shape index (κ1) is 24.8. The lowest BCUT2D eigenvalue weighted by atomic mass is 10.2. The number of sulfonamides is 1. The van der Waals surface area contributed by atoms with Crippen molar-refractivity contribution in [2.24, 2.45) is 0 Å². The molecule has 180 valence electrons. The summed E-state index contributed by atoms with van der Waals surface area (Å²) in [5.74, 6) is -1.54. The molecule has 0 fully saturated rings. The van der Waals surface area contributed by atoms with Crippen molar-refractivity contribution in [3.8, 4) is 5.69 Å². The van der Waals surface area contributed by atoms with Gasteiger partial charge in [0.1, 0.15) is 6.54 Å². The highest BCUT2D eigenvalue weighted by Gasteiger charge is 2.28. The second-order valence-electron chi connectivity index (χ2n) is 6.84. The van der Waals surface area contributed by atoms with Crippen LogP contribution >= 0.6 is 0 Å². The molecule has 3 aromatic rings. The van der Waals surface area contributed by atoms with Gasteiger partial charge < -0.3 is 10.1 Å². The van der Waals surface area contributed by atoms with Gasteiger partial charge in [-0.25, -0.2) is 17.9 Å². The average molecular weight is 496 g/mol. The average Bonchev–Trinajstić information content (AvgIpc) is 3.28. The molecule has 0 aliphatic rings. The summed E-state index contributed by atoms with van der Waals surface area (Å²) in [5.41, 5.74) is 0.803. The SMILES string of the molecule is CCOC(=O)c1ccn(-c2ccc(NS(=O)(=O)c3ccc(C(=O)NCC(F)(F)F)cc3)cc2)n1. The van der Waals surface area contributed by atoms with Gasteiger partial charge in [0.05, 0.1) is 17.2 Å². The Balaban J connectivity index is 1.67. The molecule has 9 nitrogen and oxygen atoms in total. The number of aromatic nitrogens is 2. The van der Waals surface area contributed by atoms with Crippen molar-refractivity contribution in [1.29, 1.82) is 0 Å². The number of alkyl halides is 3. The van der Waals surface area contributed by atoms with E-state index in [1.807, 2.05) is 0 Å². The van der Waals surface area contributed by atoms with Crippen LogP contribution in [0.2, 0.25) is 0 Å². The van der Waals surface area contributed by atoms with Crippen molar-refractivity contribution in [2.45, 2.75) is 18.0 Å². The number of anilines is 1. The highest BCUT2D eigenvalue weighted by molar-refractivity contribution is 7.92. The molecule has 0 spiro atoms. The van der Waals surface area contributed by atoms with Crippen LogP contribution in [0.25, 0.3) is 5.69 Å². The van der Waals surface area contributed by atoms with Crippen LogP contribution in [-0.4, -0.2) is 49.4 Å². The topological polar surface area (TPSA) is 119 Å². The summed E-state index contributed by atoms with van der Waals surface area (Å²) in [6, 6.07) is 12.1. The molecule has 13 heteroatoms. The van der Waals surface area contributed by atoms with Crippen LogP contribution < -0.4 is 10.0 Å². The smallest absolute Gasteiger partial charge is 0.405 e. The third-order valence-corrected chi connectivity index (χ3v) is 5.73. The van der Waals surface area contributed by atoms with E-state index in [1.165, 1.54) is 22.9 Å². The quantitative estimate of drug-likeness (QED) is 0.463. The van der Waals surface area contributed by atoms with Crippen LogP contribution in [0.1, 0.15) is 27.8 Å². The summed E-state index contributed by atoms with van der Waals surface area (Å²) in [6.07, 6.45) is -3.00. The fourth-order valence-corrected chi connectivity index (χ4v) is 3.80. The minimum absolute atomic E-state index is 0.117. The molecule has 0 aliphatic heterocycles. The minimum atomic E-state index is -4.56. The molecular weight excluding hydrogens is 477 g/mol. The number of nitrogens with one attached hydrogen (secondary N) is 2. The van der Waals surface area contributed by atoms with E-state index in [2.05, 4.69) is 9.82 Å². The van der Waals surface area contributed by atoms with Crippen LogP contribution in [-0.2, 0) is 14.8 Å². The lowest BCUT2D eigenvalue weighted by Gasteiger charge is -2.11. The van der Waals surface area contributed by atoms with Crippen molar-refractivity contribution < 1.29 is 35.9 Å². The summed E-state index contributed by atoms with van der Waals surface area (Å²) in [7, 11) is -4.03. The Labute approximate surface area is 192 Å². The molecule has 0 saturated carbocycles. The summed E-state index contributed by atoms with van der Waals surface area (Å²) in [6.45, 7) is 0.402. The molecule has 0 unspecified atom stereocenters. The molecule has 34 heavy (non-hydrogen) atoms. The molecule has 1 aromatic heterocycles. The summed E-state index contributed by atoms with van der Waals surface area (Å²) in [5, 5.41) is 5.82. The summed E-state index contributed by atoms with van der Waals surface area (Å²) in [4.78, 5) is 23.3. The molecule has 0 atom stereocenters. The first-order chi connectivity index (χ1) is 16.0. The van der Waals surface area contributed by atoms with E-state index in [0.717, 1.165) is 24.3 Å². The monoisotopic (exact) mass is 496 g/mol. The highest BCUT2D eigenvalue weighted by Crippen LogP contribution is 2.19. The maximum absolute atomic E-state index is 12.6. The van der Waals surface area contributed by atoms with Crippen LogP contribution in [0, 0.1) is 0 Å². The molecule has 2 N–H and O–H groups in total. The third kappa shape index (κ3) is 6.34. The number of hydrogen-bond acceptors (Lipinski definition) is 6. The van der Waals surface area contributed by atoms with Crippen LogP contribution in [0.3, 0.4) is 0 Å². The highest BCUT2D eigenvalue weighted by atomic mass is 32.2. The van der Waals surface area contributed by atoms with Gasteiger partial charge in [-0.05, 0) is 61.5 Å². The number of rotatable bonds is 8. The molecular formula is C21H19F3N4O5S. The Morgan fingerprint density at radius 1 is 1.03 bits per heavy atom. The van der Waals surface area contributed by atoms with Crippen LogP contribution in [0.5, 0.6) is 0 Å². The Bertz CT molecular complexity index is 1270. The number of amides is 1. The van der Waals surface area contributed by atoms with E-state index in [4.69, 9.17) is 4.74 Å². The molecule has 3 rings (SSSR count). The number of carbonyl (C=O) groups excluding carboxylic acids is 2. The maximum atomic E-state index is 12.6. The van der Waals surface area contributed by atoms with Crippen LogP contribution in [0.4, 0.5) is 18.9 Å². The summed E-state index contributed by atoms with van der Waals surface area (Å²) < 4.78 is 70.5. The Morgan fingerprint density at radius 2 is 1.68 bits per heavy atom. The first-order valence-corrected chi connectivity index (χ1v) is 11.3. The number of hydrogen-bond donors (Lipinski definition) is 2. The van der Waals surface area contributed by atoms with Gasteiger partial charge in [-0.2, -0.15) is 18.3 Å². The van der Waals surface area contributed by atoms with Gasteiger partial charge in [0.2, 0.25) is 0 Å². The number of ether oxygens (including phenoxy) is 1. The van der Waals surface area contributed by atoms with Gasteiger partial charge in [0.25, 0.3) is 15.9 Å². The molecule has 0 radical (unpaired) electrons. The Hall–Kier alpha value is -3.87. The lowest BCUT2D eigenvalue weighted by Crippen LogP contribution is -2.33. The molecule has 1 amide bonds. The fourth-order valence-electron chi connectivity index (χ4n) is 2.75. The lowest BCUT2D eigenvalue weighted by molar-refractivity contribution is -0.123. The molecule has 0 saturated heterocycles. The number of nitrogens with zero attached hydrogens (tertiary/aromatic N) is 2. The number of benzene rings is 2. The van der Waals surface area contributed by atoms with Gasteiger partial charge in [0, 0.05) is 17.4 Å². The standard InChI is InChI=1S/C21H19F3N4O5S/c1-2-33-20(30)18-11-12-28(26-18)16-7-5-15(6-8-16)27-34(31,32)17-9-3-14(4-10-17)19(29)25-13-21(22,23)24/h3-12,27H,2,13H2,1H3,(H,25,29). The first-order valence-electron chi connectivity index (χ1n) is 9.79. The van der Waals surface area contributed by atoms with Gasteiger partial charge in [-0.15, -0.1) is 0 Å². The Kier molecular flexibility index (Phi) is 7.25. The third-order valence-electron chi connectivity index (χ3n) is 4.33. The van der Waals surface area contributed by atoms with Gasteiger partial charge in [-0.3, -0.25) is 9.52 Å². The zero-order chi connectivity index (χ0) is 24.9. The number of esters is 1. The fraction of sp³-hybridized carbons (Fsp3) is 0.190. The largest absolute Gasteiger partial charge is 0.461 e. The van der Waals surface area contributed by atoms with Gasteiger partial charge in [0.15, 0.2) is 5.69 Å². The normalized spacial score (nSPS) is 11.6. The van der Waals surface area contributed by atoms with E-state index < -0.39 is 34.6 Å². The van der Waals surface area contributed by atoms with E-state index in [9.17, 15) is 31.2 Å². The van der Waals surface area contributed by atoms with E-state index >= 15 is 0 Å². The minimum Gasteiger partial charge on any atom is -0.461 e. The van der Waals surface area contributed by atoms with E-state index in [-0.39, 0.29) is 28.4 Å². The molecule has 2 aromatic carbocycles. The van der Waals surface area contributed by atoms with Gasteiger partial charge >= 0.3 is 12.1 Å². The van der Waals surface area contributed by atoms with Crippen molar-refractivity contribution in [2.75, 3.05) is 17.9 Å². The number of halogens is 3. The van der Waals surface area contributed by atoms with Gasteiger partial charge in [-0.1, -0.05) is 0 Å². The zero-order valence-electron chi connectivity index (χ0n) is 17.7. The maximum Gasteiger partial charge on any atom is 0.405 e. The molecule has 0 aliphatic carbocycles. The van der Waals surface area contributed by atoms with Crippen LogP contribution in [0.15, 0.2) is 65.7 Å². The predicted octanol–water partition coefficient (Wildman–Crippen LogP) is 3.14. The zero-order valence-corrected chi connectivity index (χ0v) is 18.5. The second kappa shape index (κ2) is 9.95. The molecule has 1 heterocycles. The van der Waals surface area contributed by atoms with Crippen molar-refractivity contribution in [3.05, 3.63) is 72.1 Å².